The highest BCUT2D eigenvalue weighted by Crippen LogP contribution is 2.11. The third-order valence-electron chi connectivity index (χ3n) is 1.84. The first-order chi connectivity index (χ1) is 6.15. The third-order valence-corrected chi connectivity index (χ3v) is 1.84. The Morgan fingerprint density at radius 1 is 1.50 bits per heavy atom. The molecule has 0 bridgehead atoms. The number of pyridine rings is 1. The molecule has 4 nitrogen and oxygen atoms in total. The molecule has 1 rings (SSSR count). The van der Waals surface area contributed by atoms with E-state index < -0.39 is 6.23 Å². The SMILES string of the molecule is CN(C)C(O)c1ccc(CN)cn1.Cl. The van der Waals surface area contributed by atoms with Gasteiger partial charge in [0, 0.05) is 12.7 Å². The van der Waals surface area contributed by atoms with Gasteiger partial charge in [-0.05, 0) is 25.7 Å². The average Bonchev–Trinajstić information content (AvgIpc) is 2.17. The number of aromatic nitrogens is 1. The summed E-state index contributed by atoms with van der Waals surface area (Å²) in [6.45, 7) is 0.478. The summed E-state index contributed by atoms with van der Waals surface area (Å²) in [6.07, 6.45) is 1.04. The molecule has 0 radical (unpaired) electrons. The van der Waals surface area contributed by atoms with Crippen molar-refractivity contribution in [1.29, 1.82) is 0 Å². The second kappa shape index (κ2) is 5.93. The van der Waals surface area contributed by atoms with Crippen molar-refractivity contribution in [3.05, 3.63) is 29.6 Å². The quantitative estimate of drug-likeness (QED) is 0.725. The summed E-state index contributed by atoms with van der Waals surface area (Å²) >= 11 is 0. The van der Waals surface area contributed by atoms with E-state index in [-0.39, 0.29) is 12.4 Å². The van der Waals surface area contributed by atoms with E-state index >= 15 is 0 Å². The molecular formula is C9H16ClN3O. The van der Waals surface area contributed by atoms with Gasteiger partial charge in [-0.3, -0.25) is 9.88 Å². The highest BCUT2D eigenvalue weighted by Gasteiger charge is 2.09. The average molecular weight is 218 g/mol. The van der Waals surface area contributed by atoms with Crippen LogP contribution in [0.25, 0.3) is 0 Å². The Kier molecular flexibility index (Phi) is 5.64. The highest BCUT2D eigenvalue weighted by molar-refractivity contribution is 5.85. The fourth-order valence-corrected chi connectivity index (χ4v) is 0.974. The van der Waals surface area contributed by atoms with Gasteiger partial charge in [-0.15, -0.1) is 12.4 Å². The van der Waals surface area contributed by atoms with Crippen LogP contribution in [-0.4, -0.2) is 29.1 Å². The summed E-state index contributed by atoms with van der Waals surface area (Å²) < 4.78 is 0. The van der Waals surface area contributed by atoms with Crippen molar-refractivity contribution in [2.24, 2.45) is 5.73 Å². The van der Waals surface area contributed by atoms with Crippen molar-refractivity contribution in [3.8, 4) is 0 Å². The number of halogens is 1. The van der Waals surface area contributed by atoms with Gasteiger partial charge in [0.15, 0.2) is 0 Å². The van der Waals surface area contributed by atoms with E-state index in [1.165, 1.54) is 0 Å². The van der Waals surface area contributed by atoms with Crippen LogP contribution < -0.4 is 5.73 Å². The van der Waals surface area contributed by atoms with Crippen LogP contribution in [0.5, 0.6) is 0 Å². The minimum absolute atomic E-state index is 0. The molecule has 0 spiro atoms. The Bertz CT molecular complexity index is 263. The first-order valence-corrected chi connectivity index (χ1v) is 4.14. The van der Waals surface area contributed by atoms with Gasteiger partial charge in [0.05, 0.1) is 5.69 Å². The van der Waals surface area contributed by atoms with Gasteiger partial charge in [-0.1, -0.05) is 6.07 Å². The Hall–Kier alpha value is -0.680. The molecule has 80 valence electrons. The molecule has 14 heavy (non-hydrogen) atoms. The topological polar surface area (TPSA) is 62.4 Å². The van der Waals surface area contributed by atoms with E-state index in [2.05, 4.69) is 4.98 Å². The van der Waals surface area contributed by atoms with Crippen LogP contribution in [0.2, 0.25) is 0 Å². The van der Waals surface area contributed by atoms with E-state index in [0.29, 0.717) is 12.2 Å². The van der Waals surface area contributed by atoms with Gasteiger partial charge < -0.3 is 10.8 Å². The predicted molar refractivity (Wildman–Crippen MR) is 58.0 cm³/mol. The van der Waals surface area contributed by atoms with E-state index in [9.17, 15) is 5.11 Å². The smallest absolute Gasteiger partial charge is 0.150 e. The zero-order valence-electron chi connectivity index (χ0n) is 8.34. The molecule has 5 heteroatoms. The summed E-state index contributed by atoms with van der Waals surface area (Å²) in [4.78, 5) is 5.78. The minimum atomic E-state index is -0.646. The molecule has 0 aliphatic heterocycles. The largest absolute Gasteiger partial charge is 0.372 e. The number of aliphatic hydroxyl groups excluding tert-OH is 1. The second-order valence-corrected chi connectivity index (χ2v) is 3.13. The first kappa shape index (κ1) is 13.3. The maximum Gasteiger partial charge on any atom is 0.150 e. The molecule has 0 aliphatic carbocycles. The normalized spacial score (nSPS) is 12.4. The summed E-state index contributed by atoms with van der Waals surface area (Å²) in [7, 11) is 3.59. The highest BCUT2D eigenvalue weighted by atomic mass is 35.5. The van der Waals surface area contributed by atoms with Crippen LogP contribution in [0.1, 0.15) is 17.5 Å². The van der Waals surface area contributed by atoms with Gasteiger partial charge in [0.1, 0.15) is 6.23 Å². The van der Waals surface area contributed by atoms with E-state index in [0.717, 1.165) is 5.56 Å². The number of nitrogens with zero attached hydrogens (tertiary/aromatic N) is 2. The Morgan fingerprint density at radius 2 is 2.14 bits per heavy atom. The van der Waals surface area contributed by atoms with E-state index in [1.54, 1.807) is 31.3 Å². The van der Waals surface area contributed by atoms with Gasteiger partial charge in [-0.2, -0.15) is 0 Å². The fraction of sp³-hybridized carbons (Fsp3) is 0.444. The molecule has 1 heterocycles. The van der Waals surface area contributed by atoms with E-state index in [4.69, 9.17) is 5.73 Å². The minimum Gasteiger partial charge on any atom is -0.372 e. The lowest BCUT2D eigenvalue weighted by Gasteiger charge is -2.17. The molecule has 0 aromatic carbocycles. The number of nitrogens with two attached hydrogens (primary N) is 1. The zero-order chi connectivity index (χ0) is 9.84. The maximum absolute atomic E-state index is 9.59. The standard InChI is InChI=1S/C9H15N3O.ClH/c1-12(2)9(13)8-4-3-7(5-10)6-11-8;/h3-4,6,9,13H,5,10H2,1-2H3;1H. The van der Waals surface area contributed by atoms with Crippen LogP contribution in [0.3, 0.4) is 0 Å². The number of hydrogen-bond donors (Lipinski definition) is 2. The molecule has 1 aromatic heterocycles. The van der Waals surface area contributed by atoms with Crippen molar-refractivity contribution in [2.45, 2.75) is 12.8 Å². The Balaban J connectivity index is 0.00000169. The van der Waals surface area contributed by atoms with Crippen molar-refractivity contribution < 1.29 is 5.11 Å². The zero-order valence-corrected chi connectivity index (χ0v) is 9.16. The molecule has 0 fully saturated rings. The third kappa shape index (κ3) is 3.23. The molecule has 0 saturated carbocycles. The predicted octanol–water partition coefficient (Wildman–Crippen LogP) is 0.515. The number of hydrogen-bond acceptors (Lipinski definition) is 4. The van der Waals surface area contributed by atoms with Crippen molar-refractivity contribution in [3.63, 3.8) is 0 Å². The first-order valence-electron chi connectivity index (χ1n) is 4.14. The van der Waals surface area contributed by atoms with Crippen LogP contribution in [-0.2, 0) is 6.54 Å². The lowest BCUT2D eigenvalue weighted by molar-refractivity contribution is 0.0358. The Morgan fingerprint density at radius 3 is 2.50 bits per heavy atom. The molecule has 0 aliphatic rings. The molecule has 1 unspecified atom stereocenters. The molecule has 3 N–H and O–H groups in total. The van der Waals surface area contributed by atoms with Crippen molar-refractivity contribution >= 4 is 12.4 Å². The molecule has 0 amide bonds. The molecule has 1 atom stereocenters. The number of rotatable bonds is 3. The van der Waals surface area contributed by atoms with Gasteiger partial charge >= 0.3 is 0 Å². The summed E-state index contributed by atoms with van der Waals surface area (Å²) in [6, 6.07) is 3.65. The van der Waals surface area contributed by atoms with Crippen LogP contribution >= 0.6 is 12.4 Å². The van der Waals surface area contributed by atoms with E-state index in [1.807, 2.05) is 6.07 Å². The lowest BCUT2D eigenvalue weighted by Crippen LogP contribution is -2.20. The second-order valence-electron chi connectivity index (χ2n) is 3.13. The summed E-state index contributed by atoms with van der Waals surface area (Å²) in [5.74, 6) is 0. The van der Waals surface area contributed by atoms with Crippen molar-refractivity contribution in [2.75, 3.05) is 14.1 Å². The molecule has 1 aromatic rings. The van der Waals surface area contributed by atoms with Gasteiger partial charge in [0.25, 0.3) is 0 Å². The monoisotopic (exact) mass is 217 g/mol. The maximum atomic E-state index is 9.59. The van der Waals surface area contributed by atoms with Gasteiger partial charge in [0.2, 0.25) is 0 Å². The Labute approximate surface area is 90.2 Å². The summed E-state index contributed by atoms with van der Waals surface area (Å²) in [5, 5.41) is 9.59. The van der Waals surface area contributed by atoms with Crippen LogP contribution in [0.4, 0.5) is 0 Å². The van der Waals surface area contributed by atoms with Gasteiger partial charge in [-0.25, -0.2) is 0 Å². The van der Waals surface area contributed by atoms with Crippen molar-refractivity contribution in [1.82, 2.24) is 9.88 Å². The number of aliphatic hydroxyl groups is 1. The summed E-state index contributed by atoms with van der Waals surface area (Å²) in [5.41, 5.74) is 7.03. The lowest BCUT2D eigenvalue weighted by atomic mass is 10.2. The van der Waals surface area contributed by atoms with Crippen LogP contribution in [0.15, 0.2) is 18.3 Å². The van der Waals surface area contributed by atoms with Crippen LogP contribution in [0, 0.1) is 0 Å². The molecule has 0 saturated heterocycles. The molecular weight excluding hydrogens is 202 g/mol. The fourth-order valence-electron chi connectivity index (χ4n) is 0.974.